The summed E-state index contributed by atoms with van der Waals surface area (Å²) >= 11 is 0. The molecule has 9 heteroatoms. The fourth-order valence-corrected chi connectivity index (χ4v) is 15.9. The summed E-state index contributed by atoms with van der Waals surface area (Å²) in [4.78, 5) is 5.04. The van der Waals surface area contributed by atoms with E-state index in [1.54, 1.807) is 0 Å². The lowest BCUT2D eigenvalue weighted by Crippen LogP contribution is -2.61. The summed E-state index contributed by atoms with van der Waals surface area (Å²) in [6.45, 7) is 38.6. The van der Waals surface area contributed by atoms with Crippen LogP contribution in [0.25, 0.3) is 22.1 Å². The summed E-state index contributed by atoms with van der Waals surface area (Å²) in [7, 11) is 34.7. The highest BCUT2D eigenvalue weighted by molar-refractivity contribution is 7.01. The van der Waals surface area contributed by atoms with Crippen LogP contribution in [-0.2, 0) is 43.3 Å². The first-order valence-corrected chi connectivity index (χ1v) is 29.6. The van der Waals surface area contributed by atoms with Crippen molar-refractivity contribution in [2.24, 2.45) is 0 Å². The molecule has 6 aliphatic rings. The Balaban J connectivity index is 1.23. The van der Waals surface area contributed by atoms with E-state index in [9.17, 15) is 0 Å². The topological polar surface area (TPSA) is 19.6 Å². The molecule has 390 valence electrons. The van der Waals surface area contributed by atoms with Gasteiger partial charge in [-0.2, -0.15) is 0 Å². The lowest BCUT2D eigenvalue weighted by atomic mass is 9.33. The van der Waals surface area contributed by atoms with Gasteiger partial charge in [0.1, 0.15) is 44.8 Å². The van der Waals surface area contributed by atoms with E-state index in [0.29, 0.717) is 16.5 Å². The lowest BCUT2D eigenvalue weighted by molar-refractivity contribution is 0.332. The van der Waals surface area contributed by atoms with Crippen LogP contribution < -0.4 is 53.5 Å². The number of hydrogen-bond acceptors (Lipinski definition) is 3. The quantitative estimate of drug-likeness (QED) is 0.164. The molecule has 0 atom stereocenters. The van der Waals surface area contributed by atoms with Gasteiger partial charge in [0, 0.05) is 39.3 Å². The van der Waals surface area contributed by atoms with Crippen molar-refractivity contribution in [3.8, 4) is 11.1 Å². The average molecular weight is 1030 g/mol. The minimum absolute atomic E-state index is 0.0209. The van der Waals surface area contributed by atoms with Gasteiger partial charge in [0.05, 0.1) is 0 Å². The first-order chi connectivity index (χ1) is 36.7. The third-order valence-corrected chi connectivity index (χ3v) is 21.8. The molecule has 13 rings (SSSR count). The maximum Gasteiger partial charge on any atom is 0.257 e. The van der Waals surface area contributed by atoms with Gasteiger partial charge in [-0.15, -0.1) is 16.4 Å². The van der Waals surface area contributed by atoms with Crippen LogP contribution in [0.4, 0.5) is 34.3 Å². The molecule has 2 aliphatic heterocycles. The maximum absolute atomic E-state index is 7.75. The van der Waals surface area contributed by atoms with Gasteiger partial charge < -0.3 is 9.32 Å². The highest BCUT2D eigenvalue weighted by Gasteiger charge is 2.51. The summed E-state index contributed by atoms with van der Waals surface area (Å²) in [6, 6.07) is 29.4. The van der Waals surface area contributed by atoms with E-state index in [1.807, 2.05) is 0 Å². The number of rotatable bonds is 3. The Bertz CT molecular complexity index is 3820. The molecule has 0 bridgehead atoms. The van der Waals surface area contributed by atoms with Gasteiger partial charge in [0.15, 0.2) is 0 Å². The Morgan fingerprint density at radius 1 is 0.367 bits per heavy atom. The zero-order valence-electron chi connectivity index (χ0n) is 50.4. The third-order valence-electron chi connectivity index (χ3n) is 21.8. The van der Waals surface area contributed by atoms with Gasteiger partial charge in [-0.3, -0.25) is 4.90 Å². The predicted octanol–water partition coefficient (Wildman–Crippen LogP) is 11.5. The van der Waals surface area contributed by atoms with Crippen LogP contribution in [0.2, 0.25) is 0 Å². The van der Waals surface area contributed by atoms with Gasteiger partial charge in [0.25, 0.3) is 6.71 Å². The maximum atomic E-state index is 7.75. The van der Waals surface area contributed by atoms with E-state index in [0.717, 1.165) is 91.1 Å². The van der Waals surface area contributed by atoms with Crippen LogP contribution in [0.1, 0.15) is 207 Å². The molecule has 0 amide bonds. The van der Waals surface area contributed by atoms with Crippen molar-refractivity contribution in [3.05, 3.63) is 117 Å². The second-order valence-electron chi connectivity index (χ2n) is 30.7. The Morgan fingerprint density at radius 2 is 0.734 bits per heavy atom. The molecular weight excluding hydrogens is 950 g/mol. The van der Waals surface area contributed by atoms with E-state index in [4.69, 9.17) is 43.6 Å². The van der Waals surface area contributed by atoms with Crippen molar-refractivity contribution >= 4 is 135 Å². The van der Waals surface area contributed by atoms with E-state index < -0.39 is 0 Å². The molecule has 79 heavy (non-hydrogen) atoms. The van der Waals surface area contributed by atoms with Gasteiger partial charge in [-0.1, -0.05) is 140 Å². The zero-order valence-corrected chi connectivity index (χ0v) is 50.4. The molecular formula is C70H76B6N2O. The van der Waals surface area contributed by atoms with Crippen molar-refractivity contribution in [1.82, 2.24) is 0 Å². The second-order valence-corrected chi connectivity index (χ2v) is 30.7. The van der Waals surface area contributed by atoms with Crippen LogP contribution in [0, 0.1) is 0 Å². The highest BCUT2D eigenvalue weighted by Crippen LogP contribution is 2.56. The predicted molar refractivity (Wildman–Crippen MR) is 344 cm³/mol. The molecule has 4 aliphatic carbocycles. The summed E-state index contributed by atoms with van der Waals surface area (Å²) in [5, 5.41) is 1.18. The third kappa shape index (κ3) is 7.50. The van der Waals surface area contributed by atoms with E-state index in [1.165, 1.54) is 72.0 Å². The number of furan rings is 1. The molecule has 10 radical (unpaired) electrons. The smallest absolute Gasteiger partial charge is 0.257 e. The monoisotopic (exact) mass is 1030 g/mol. The van der Waals surface area contributed by atoms with Crippen LogP contribution >= 0.6 is 0 Å². The van der Waals surface area contributed by atoms with Crippen LogP contribution in [0.5, 0.6) is 0 Å². The van der Waals surface area contributed by atoms with Crippen molar-refractivity contribution in [1.29, 1.82) is 0 Å². The molecule has 0 saturated carbocycles. The van der Waals surface area contributed by atoms with Crippen molar-refractivity contribution < 1.29 is 4.42 Å². The number of anilines is 6. The molecule has 0 fully saturated rings. The molecule has 1 aromatic heterocycles. The molecule has 0 saturated heterocycles. The summed E-state index contributed by atoms with van der Waals surface area (Å²) in [6.07, 6.45) is 8.87. The van der Waals surface area contributed by atoms with Gasteiger partial charge in [-0.05, 0) is 216 Å². The Labute approximate surface area is 480 Å². The number of nitrogens with zero attached hydrogens (tertiary/aromatic N) is 2. The standard InChI is InChI=1S/C70H76B6N2O/c1-63(2)21-23-65(5,6)43-31-38(17-19-41(43)63)77-50-35-47-46(68(11,12)26-27-69(47,13)14)34-49(50)76-60-40-33-45-48(70(15,16)28-25-67(45,9)10)36-53(40)79-62(60)78(39-18-20-42-44(32-39)66(7,8)24-22-64(42,3)4)52-30-37(29-51(77)61(52)76)54-55(71)57(73)59(75)58(74)56(54)72/h17-20,29-36H,21-28H2,1-16H3. The first-order valence-electron chi connectivity index (χ1n) is 29.6. The van der Waals surface area contributed by atoms with Crippen molar-refractivity contribution in [2.75, 3.05) is 9.80 Å². The SMILES string of the molecule is [B]c1c([B])c([B])c(-c2cc3c4c(c2)N(c2ccc5c(c2)C(C)(C)CCC5(C)C)c2oc5cc6c(cc5c2B4c2cc4c(cc2N3c2ccc3c(c2)C(C)(C)CCC3(C)C)C(C)(C)CCC4(C)C)C(C)(C)CCC6(C)C)c([B])c1[B]. The Hall–Kier alpha value is -5.15. The summed E-state index contributed by atoms with van der Waals surface area (Å²) in [5.41, 5.74) is 23.7. The number of fused-ring (bicyclic) bond motifs is 10. The fourth-order valence-electron chi connectivity index (χ4n) is 15.9. The number of benzene rings is 6. The molecule has 0 N–H and O–H groups in total. The van der Waals surface area contributed by atoms with Gasteiger partial charge in [-0.25, -0.2) is 0 Å². The van der Waals surface area contributed by atoms with Crippen LogP contribution in [0.3, 0.4) is 0 Å². The average Bonchev–Trinajstić information content (AvgIpc) is 2.50. The van der Waals surface area contributed by atoms with Crippen LogP contribution in [-0.4, -0.2) is 45.9 Å². The molecule has 0 unspecified atom stereocenters. The van der Waals surface area contributed by atoms with E-state index in [2.05, 4.69) is 193 Å². The molecule has 3 nitrogen and oxygen atoms in total. The van der Waals surface area contributed by atoms with Gasteiger partial charge >= 0.3 is 0 Å². The molecule has 3 heterocycles. The fraction of sp³-hybridized carbons (Fsp3) is 0.457. The Kier molecular flexibility index (Phi) is 11.1. The molecule has 6 aromatic carbocycles. The van der Waals surface area contributed by atoms with Crippen LogP contribution in [0.15, 0.2) is 77.2 Å². The van der Waals surface area contributed by atoms with E-state index >= 15 is 0 Å². The first kappa shape index (κ1) is 53.2. The number of hydrogen-bond donors (Lipinski definition) is 0. The molecule has 7 aromatic rings. The Morgan fingerprint density at radius 3 is 1.20 bits per heavy atom. The largest absolute Gasteiger partial charge is 0.440 e. The minimum Gasteiger partial charge on any atom is -0.440 e. The normalized spacial score (nSPS) is 21.5. The second kappa shape index (κ2) is 16.5. The summed E-state index contributed by atoms with van der Waals surface area (Å²) < 4.78 is 7.75. The summed E-state index contributed by atoms with van der Waals surface area (Å²) in [5.74, 6) is 0.841. The van der Waals surface area contributed by atoms with Crippen molar-refractivity contribution in [2.45, 2.75) is 205 Å². The molecule has 0 spiro atoms. The zero-order chi connectivity index (χ0) is 56.6. The minimum atomic E-state index is -0.223. The van der Waals surface area contributed by atoms with Crippen molar-refractivity contribution in [3.63, 3.8) is 0 Å². The highest BCUT2D eigenvalue weighted by atomic mass is 16.4. The van der Waals surface area contributed by atoms with Gasteiger partial charge in [0.2, 0.25) is 5.88 Å². The lowest BCUT2D eigenvalue weighted by Gasteiger charge is -2.47. The van der Waals surface area contributed by atoms with E-state index in [-0.39, 0.29) is 66.4 Å².